The standard InChI is InChI=1S/C23H21N5O4/c1-27(2)17-8-6-16(7-9-17)24-21(29)13-28-11-3-4-18(28)23-25-22(26-32-23)15-5-10-19-20(12-15)31-14-30-19/h3-12H,13-14H2,1-2H3,(H,24,29). The Kier molecular flexibility index (Phi) is 4.98. The molecule has 0 spiro atoms. The predicted molar refractivity (Wildman–Crippen MR) is 119 cm³/mol. The molecule has 0 aliphatic carbocycles. The van der Waals surface area contributed by atoms with Crippen molar-refractivity contribution in [3.63, 3.8) is 0 Å². The molecule has 0 radical (unpaired) electrons. The van der Waals surface area contributed by atoms with Crippen molar-refractivity contribution in [2.75, 3.05) is 31.1 Å². The summed E-state index contributed by atoms with van der Waals surface area (Å²) in [6.45, 7) is 0.311. The number of rotatable bonds is 6. The molecule has 2 aromatic carbocycles. The minimum absolute atomic E-state index is 0.111. The van der Waals surface area contributed by atoms with Gasteiger partial charge < -0.3 is 28.8 Å². The van der Waals surface area contributed by atoms with Gasteiger partial charge in [-0.1, -0.05) is 5.16 Å². The molecule has 1 N–H and O–H groups in total. The number of benzene rings is 2. The Labute approximate surface area is 184 Å². The first-order chi connectivity index (χ1) is 15.6. The lowest BCUT2D eigenvalue weighted by Gasteiger charge is -2.13. The minimum atomic E-state index is -0.157. The molecule has 0 fully saturated rings. The predicted octanol–water partition coefficient (Wildman–Crippen LogP) is 3.64. The van der Waals surface area contributed by atoms with Crippen molar-refractivity contribution in [2.45, 2.75) is 6.54 Å². The Morgan fingerprint density at radius 3 is 2.72 bits per heavy atom. The molecule has 5 rings (SSSR count). The Morgan fingerprint density at radius 1 is 1.09 bits per heavy atom. The van der Waals surface area contributed by atoms with E-state index in [-0.39, 0.29) is 19.2 Å². The lowest BCUT2D eigenvalue weighted by Crippen LogP contribution is -2.19. The van der Waals surface area contributed by atoms with E-state index in [1.807, 2.05) is 73.6 Å². The average Bonchev–Trinajstić information content (AvgIpc) is 3.53. The van der Waals surface area contributed by atoms with Crippen LogP contribution in [-0.2, 0) is 11.3 Å². The summed E-state index contributed by atoms with van der Waals surface area (Å²) >= 11 is 0. The molecule has 32 heavy (non-hydrogen) atoms. The molecule has 1 aliphatic heterocycles. The second-order valence-corrected chi connectivity index (χ2v) is 7.50. The van der Waals surface area contributed by atoms with Crippen LogP contribution in [0.25, 0.3) is 23.0 Å². The Morgan fingerprint density at radius 2 is 1.91 bits per heavy atom. The summed E-state index contributed by atoms with van der Waals surface area (Å²) < 4.78 is 18.0. The summed E-state index contributed by atoms with van der Waals surface area (Å²) in [5, 5.41) is 6.99. The van der Waals surface area contributed by atoms with Crippen LogP contribution in [0.2, 0.25) is 0 Å². The van der Waals surface area contributed by atoms with Gasteiger partial charge in [-0.3, -0.25) is 4.79 Å². The molecule has 0 saturated heterocycles. The van der Waals surface area contributed by atoms with Gasteiger partial charge in [-0.25, -0.2) is 0 Å². The zero-order chi connectivity index (χ0) is 22.1. The van der Waals surface area contributed by atoms with Crippen LogP contribution in [-0.4, -0.2) is 41.5 Å². The molecule has 0 bridgehead atoms. The largest absolute Gasteiger partial charge is 0.454 e. The van der Waals surface area contributed by atoms with Crippen LogP contribution < -0.4 is 19.7 Å². The van der Waals surface area contributed by atoms with Crippen LogP contribution in [0.5, 0.6) is 11.5 Å². The first kappa shape index (κ1) is 19.7. The molecule has 2 aromatic heterocycles. The molecular weight excluding hydrogens is 410 g/mol. The molecule has 3 heterocycles. The van der Waals surface area contributed by atoms with Crippen molar-refractivity contribution in [2.24, 2.45) is 0 Å². The molecule has 4 aromatic rings. The third kappa shape index (κ3) is 3.87. The van der Waals surface area contributed by atoms with Crippen molar-refractivity contribution < 1.29 is 18.8 Å². The fourth-order valence-electron chi connectivity index (χ4n) is 3.42. The van der Waals surface area contributed by atoms with Gasteiger partial charge in [0.25, 0.3) is 5.89 Å². The number of hydrogen-bond donors (Lipinski definition) is 1. The molecule has 1 aliphatic rings. The number of carbonyl (C=O) groups excluding carboxylic acids is 1. The van der Waals surface area contributed by atoms with Gasteiger partial charge in [0.1, 0.15) is 12.2 Å². The highest BCUT2D eigenvalue weighted by Gasteiger charge is 2.19. The van der Waals surface area contributed by atoms with Gasteiger partial charge in [-0.15, -0.1) is 0 Å². The molecule has 9 heteroatoms. The maximum absolute atomic E-state index is 12.6. The molecular formula is C23H21N5O4. The van der Waals surface area contributed by atoms with Crippen LogP contribution >= 0.6 is 0 Å². The van der Waals surface area contributed by atoms with Crippen LogP contribution in [0, 0.1) is 0 Å². The van der Waals surface area contributed by atoms with Crippen LogP contribution in [0.1, 0.15) is 0 Å². The van der Waals surface area contributed by atoms with Crippen molar-refractivity contribution in [3.8, 4) is 34.5 Å². The second-order valence-electron chi connectivity index (χ2n) is 7.50. The summed E-state index contributed by atoms with van der Waals surface area (Å²) in [5.74, 6) is 1.93. The topological polar surface area (TPSA) is 94.7 Å². The van der Waals surface area contributed by atoms with Gasteiger partial charge in [-0.05, 0) is 54.6 Å². The Balaban J connectivity index is 1.30. The van der Waals surface area contributed by atoms with Gasteiger partial charge in [0.05, 0.1) is 0 Å². The summed E-state index contributed by atoms with van der Waals surface area (Å²) in [7, 11) is 3.94. The van der Waals surface area contributed by atoms with E-state index >= 15 is 0 Å². The number of aromatic nitrogens is 3. The van der Waals surface area contributed by atoms with Gasteiger partial charge in [0.15, 0.2) is 11.5 Å². The number of hydrogen-bond acceptors (Lipinski definition) is 7. The zero-order valence-corrected chi connectivity index (χ0v) is 17.6. The van der Waals surface area contributed by atoms with E-state index in [0.29, 0.717) is 28.9 Å². The summed E-state index contributed by atoms with van der Waals surface area (Å²) in [5.41, 5.74) is 3.20. The number of nitrogens with zero attached hydrogens (tertiary/aromatic N) is 4. The first-order valence-corrected chi connectivity index (χ1v) is 10.0. The highest BCUT2D eigenvalue weighted by molar-refractivity contribution is 5.91. The number of nitrogens with one attached hydrogen (secondary N) is 1. The molecule has 9 nitrogen and oxygen atoms in total. The van der Waals surface area contributed by atoms with E-state index in [2.05, 4.69) is 15.5 Å². The summed E-state index contributed by atoms with van der Waals surface area (Å²) in [6, 6.07) is 16.8. The molecule has 1 amide bonds. The highest BCUT2D eigenvalue weighted by atomic mass is 16.7. The average molecular weight is 431 g/mol. The number of carbonyl (C=O) groups is 1. The van der Waals surface area contributed by atoms with E-state index in [4.69, 9.17) is 14.0 Å². The highest BCUT2D eigenvalue weighted by Crippen LogP contribution is 2.35. The van der Waals surface area contributed by atoms with Crippen LogP contribution in [0.3, 0.4) is 0 Å². The third-order valence-corrected chi connectivity index (χ3v) is 5.09. The number of fused-ring (bicyclic) bond motifs is 1. The molecule has 0 atom stereocenters. The maximum Gasteiger partial charge on any atom is 0.274 e. The van der Waals surface area contributed by atoms with E-state index in [9.17, 15) is 4.79 Å². The lowest BCUT2D eigenvalue weighted by molar-refractivity contribution is -0.116. The normalized spacial score (nSPS) is 12.1. The SMILES string of the molecule is CN(C)c1ccc(NC(=O)Cn2cccc2-c2nc(-c3ccc4c(c3)OCO4)no2)cc1. The van der Waals surface area contributed by atoms with E-state index in [1.54, 1.807) is 10.8 Å². The summed E-state index contributed by atoms with van der Waals surface area (Å²) in [4.78, 5) is 19.1. The number of anilines is 2. The van der Waals surface area contributed by atoms with Crippen LogP contribution in [0.15, 0.2) is 65.3 Å². The van der Waals surface area contributed by atoms with Crippen molar-refractivity contribution in [3.05, 3.63) is 60.8 Å². The molecule has 0 saturated carbocycles. The van der Waals surface area contributed by atoms with Gasteiger partial charge in [0, 0.05) is 37.2 Å². The van der Waals surface area contributed by atoms with Crippen LogP contribution in [0.4, 0.5) is 11.4 Å². The van der Waals surface area contributed by atoms with E-state index in [1.165, 1.54) is 0 Å². The Hall–Kier alpha value is -4.27. The molecule has 162 valence electrons. The van der Waals surface area contributed by atoms with Gasteiger partial charge in [0.2, 0.25) is 18.5 Å². The zero-order valence-electron chi connectivity index (χ0n) is 17.6. The number of amides is 1. The lowest BCUT2D eigenvalue weighted by atomic mass is 10.2. The third-order valence-electron chi connectivity index (χ3n) is 5.09. The molecule has 0 unspecified atom stereocenters. The van der Waals surface area contributed by atoms with Crippen molar-refractivity contribution >= 4 is 17.3 Å². The van der Waals surface area contributed by atoms with E-state index < -0.39 is 0 Å². The van der Waals surface area contributed by atoms with Crippen molar-refractivity contribution in [1.82, 2.24) is 14.7 Å². The fourth-order valence-corrected chi connectivity index (χ4v) is 3.42. The first-order valence-electron chi connectivity index (χ1n) is 10.0. The van der Waals surface area contributed by atoms with Gasteiger partial charge in [-0.2, -0.15) is 4.98 Å². The smallest absolute Gasteiger partial charge is 0.274 e. The fraction of sp³-hybridized carbons (Fsp3) is 0.174. The minimum Gasteiger partial charge on any atom is -0.454 e. The summed E-state index contributed by atoms with van der Waals surface area (Å²) in [6.07, 6.45) is 1.80. The Bertz CT molecular complexity index is 1260. The number of ether oxygens (including phenoxy) is 2. The second kappa shape index (κ2) is 8.10. The van der Waals surface area contributed by atoms with E-state index in [0.717, 1.165) is 16.9 Å². The maximum atomic E-state index is 12.6. The quantitative estimate of drug-likeness (QED) is 0.498. The van der Waals surface area contributed by atoms with Crippen molar-refractivity contribution in [1.29, 1.82) is 0 Å². The monoisotopic (exact) mass is 431 g/mol. The van der Waals surface area contributed by atoms with Gasteiger partial charge >= 0.3 is 0 Å².